The van der Waals surface area contributed by atoms with Crippen LogP contribution in [0.15, 0.2) is 18.2 Å². The summed E-state index contributed by atoms with van der Waals surface area (Å²) in [7, 11) is 0. The van der Waals surface area contributed by atoms with Gasteiger partial charge in [0.1, 0.15) is 11.6 Å². The lowest BCUT2D eigenvalue weighted by molar-refractivity contribution is 0.111. The molecule has 0 aromatic heterocycles. The minimum atomic E-state index is -0.438. The smallest absolute Gasteiger partial charge is 0.129 e. The van der Waals surface area contributed by atoms with Gasteiger partial charge in [0.2, 0.25) is 0 Å². The molecule has 0 spiro atoms. The average Bonchev–Trinajstić information content (AvgIpc) is 2.61. The average molecular weight is 185 g/mol. The highest BCUT2D eigenvalue weighted by molar-refractivity contribution is 5.22. The molecule has 2 rings (SSSR count). The predicted octanol–water partition coefficient (Wildman–Crippen LogP) is 1.58. The summed E-state index contributed by atoms with van der Waals surface area (Å²) in [6.45, 7) is 0.918. The third-order valence-corrected chi connectivity index (χ3v) is 2.02. The highest BCUT2D eigenvalue weighted by Crippen LogP contribution is 2.23. The highest BCUT2D eigenvalue weighted by atomic mass is 19.1. The molecule has 2 nitrogen and oxygen atoms in total. The predicted molar refractivity (Wildman–Crippen MR) is 43.1 cm³/mol. The van der Waals surface area contributed by atoms with E-state index in [0.29, 0.717) is 13.3 Å². The molecule has 1 atom stereocenters. The van der Waals surface area contributed by atoms with E-state index in [-0.39, 0.29) is 11.7 Å². The number of benzene rings is 1. The van der Waals surface area contributed by atoms with Crippen molar-refractivity contribution in [3.63, 3.8) is 0 Å². The normalized spacial score (nSPS) is 22.2. The molecular weight excluding hydrogens is 176 g/mol. The molecule has 1 N–H and O–H groups in total. The zero-order valence-corrected chi connectivity index (χ0v) is 6.89. The molecule has 4 heteroatoms. The van der Waals surface area contributed by atoms with Gasteiger partial charge < -0.3 is 4.74 Å². The number of ether oxygens (including phenoxy) is 1. The Morgan fingerprint density at radius 2 is 2.23 bits per heavy atom. The van der Waals surface area contributed by atoms with Gasteiger partial charge in [-0.15, -0.1) is 0 Å². The molecule has 1 aromatic rings. The Bertz CT molecular complexity index is 310. The first-order valence-electron chi connectivity index (χ1n) is 4.04. The van der Waals surface area contributed by atoms with E-state index in [1.807, 2.05) is 0 Å². The van der Waals surface area contributed by atoms with Crippen molar-refractivity contribution in [1.29, 1.82) is 0 Å². The van der Waals surface area contributed by atoms with Gasteiger partial charge in [-0.25, -0.2) is 8.78 Å². The molecule has 1 saturated heterocycles. The Labute approximate surface area is 74.5 Å². The standard InChI is InChI=1S/C9H9F2NO/c10-6-1-2-8(11)7(3-6)9-4-12-5-13-9/h1-3,9,12H,4-5H2. The first kappa shape index (κ1) is 8.59. The van der Waals surface area contributed by atoms with Gasteiger partial charge in [-0.2, -0.15) is 0 Å². The van der Waals surface area contributed by atoms with Gasteiger partial charge in [0.25, 0.3) is 0 Å². The maximum absolute atomic E-state index is 13.1. The largest absolute Gasteiger partial charge is 0.357 e. The van der Waals surface area contributed by atoms with Gasteiger partial charge in [-0.1, -0.05) is 0 Å². The van der Waals surface area contributed by atoms with Crippen LogP contribution in [0.3, 0.4) is 0 Å². The third kappa shape index (κ3) is 1.68. The van der Waals surface area contributed by atoms with Crippen molar-refractivity contribution in [2.75, 3.05) is 13.3 Å². The number of hydrogen-bond acceptors (Lipinski definition) is 2. The highest BCUT2D eigenvalue weighted by Gasteiger charge is 2.20. The van der Waals surface area contributed by atoms with Crippen molar-refractivity contribution >= 4 is 0 Å². The van der Waals surface area contributed by atoms with Crippen molar-refractivity contribution in [1.82, 2.24) is 5.32 Å². The second kappa shape index (κ2) is 3.40. The zero-order chi connectivity index (χ0) is 9.26. The summed E-state index contributed by atoms with van der Waals surface area (Å²) < 4.78 is 31.1. The molecule has 1 fully saturated rings. The van der Waals surface area contributed by atoms with Gasteiger partial charge in [-0.05, 0) is 18.2 Å². The molecule has 1 heterocycles. The SMILES string of the molecule is Fc1ccc(F)c(C2CNCO2)c1. The van der Waals surface area contributed by atoms with Crippen LogP contribution >= 0.6 is 0 Å². The minimum absolute atomic E-state index is 0.282. The number of hydrogen-bond donors (Lipinski definition) is 1. The van der Waals surface area contributed by atoms with Gasteiger partial charge >= 0.3 is 0 Å². The molecule has 1 aliphatic heterocycles. The van der Waals surface area contributed by atoms with Crippen molar-refractivity contribution < 1.29 is 13.5 Å². The second-order valence-electron chi connectivity index (χ2n) is 2.92. The summed E-state index contributed by atoms with van der Waals surface area (Å²) in [5.41, 5.74) is 0.282. The van der Waals surface area contributed by atoms with E-state index in [1.54, 1.807) is 0 Å². The fourth-order valence-electron chi connectivity index (χ4n) is 1.37. The Kier molecular flexibility index (Phi) is 2.24. The summed E-state index contributed by atoms with van der Waals surface area (Å²) >= 11 is 0. The first-order chi connectivity index (χ1) is 6.27. The van der Waals surface area contributed by atoms with Crippen molar-refractivity contribution in [2.24, 2.45) is 0 Å². The fourth-order valence-corrected chi connectivity index (χ4v) is 1.37. The van der Waals surface area contributed by atoms with Crippen LogP contribution in [0, 0.1) is 11.6 Å². The van der Waals surface area contributed by atoms with E-state index in [0.717, 1.165) is 12.1 Å². The number of nitrogens with one attached hydrogen (secondary N) is 1. The fraction of sp³-hybridized carbons (Fsp3) is 0.333. The molecule has 1 unspecified atom stereocenters. The van der Waals surface area contributed by atoms with Crippen molar-refractivity contribution in [2.45, 2.75) is 6.10 Å². The first-order valence-corrected chi connectivity index (χ1v) is 4.04. The summed E-state index contributed by atoms with van der Waals surface area (Å²) in [6, 6.07) is 3.39. The van der Waals surface area contributed by atoms with Crippen LogP contribution in [0.2, 0.25) is 0 Å². The van der Waals surface area contributed by atoms with Crippen LogP contribution in [-0.4, -0.2) is 13.3 Å². The third-order valence-electron chi connectivity index (χ3n) is 2.02. The van der Waals surface area contributed by atoms with E-state index in [9.17, 15) is 8.78 Å². The zero-order valence-electron chi connectivity index (χ0n) is 6.89. The van der Waals surface area contributed by atoms with Crippen molar-refractivity contribution in [3.05, 3.63) is 35.4 Å². The van der Waals surface area contributed by atoms with E-state index >= 15 is 0 Å². The molecule has 0 saturated carbocycles. The molecule has 0 radical (unpaired) electrons. The van der Waals surface area contributed by atoms with Gasteiger partial charge in [-0.3, -0.25) is 5.32 Å². The lowest BCUT2D eigenvalue weighted by Gasteiger charge is -2.09. The Hall–Kier alpha value is -1.00. The van der Waals surface area contributed by atoms with E-state index in [2.05, 4.69) is 5.32 Å². The molecular formula is C9H9F2NO. The Morgan fingerprint density at radius 3 is 2.92 bits per heavy atom. The van der Waals surface area contributed by atoms with Gasteiger partial charge in [0.05, 0.1) is 12.8 Å². The maximum atomic E-state index is 13.1. The quantitative estimate of drug-likeness (QED) is 0.717. The Balaban J connectivity index is 2.32. The number of halogens is 2. The molecule has 13 heavy (non-hydrogen) atoms. The van der Waals surface area contributed by atoms with Crippen LogP contribution in [0.4, 0.5) is 8.78 Å². The van der Waals surface area contributed by atoms with Crippen LogP contribution in [-0.2, 0) is 4.74 Å². The van der Waals surface area contributed by atoms with E-state index in [4.69, 9.17) is 4.74 Å². The van der Waals surface area contributed by atoms with E-state index in [1.165, 1.54) is 6.07 Å². The summed E-state index contributed by atoms with van der Waals surface area (Å²) in [5, 5.41) is 2.91. The molecule has 0 aliphatic carbocycles. The van der Waals surface area contributed by atoms with Gasteiger partial charge in [0.15, 0.2) is 0 Å². The van der Waals surface area contributed by atoms with Gasteiger partial charge in [0, 0.05) is 12.1 Å². The molecule has 70 valence electrons. The maximum Gasteiger partial charge on any atom is 0.129 e. The van der Waals surface area contributed by atoms with Crippen LogP contribution < -0.4 is 5.32 Å². The monoisotopic (exact) mass is 185 g/mol. The topological polar surface area (TPSA) is 21.3 Å². The second-order valence-corrected chi connectivity index (χ2v) is 2.92. The lowest BCUT2D eigenvalue weighted by Crippen LogP contribution is -2.09. The lowest BCUT2D eigenvalue weighted by atomic mass is 10.1. The summed E-state index contributed by atoms with van der Waals surface area (Å²) in [5.74, 6) is -0.859. The Morgan fingerprint density at radius 1 is 1.38 bits per heavy atom. The van der Waals surface area contributed by atoms with Crippen LogP contribution in [0.25, 0.3) is 0 Å². The molecule has 1 aliphatic rings. The van der Waals surface area contributed by atoms with Crippen LogP contribution in [0.1, 0.15) is 11.7 Å². The van der Waals surface area contributed by atoms with Crippen LogP contribution in [0.5, 0.6) is 0 Å². The minimum Gasteiger partial charge on any atom is -0.357 e. The molecule has 0 bridgehead atoms. The van der Waals surface area contributed by atoms with Crippen molar-refractivity contribution in [3.8, 4) is 0 Å². The molecule has 0 amide bonds. The summed E-state index contributed by atoms with van der Waals surface area (Å²) in [6.07, 6.45) is -0.365. The molecule has 1 aromatic carbocycles. The summed E-state index contributed by atoms with van der Waals surface area (Å²) in [4.78, 5) is 0. The van der Waals surface area contributed by atoms with E-state index < -0.39 is 11.6 Å². The number of rotatable bonds is 1.